The van der Waals surface area contributed by atoms with Gasteiger partial charge in [0.15, 0.2) is 9.84 Å². The molecule has 5 rings (SSSR count). The SMILES string of the molecule is Cc1cccn2c(=O)c(C=C3SC(=S)N(C4CCS(=O)(=O)C4)C3=O)c(N3CCCCC3)nc12. The van der Waals surface area contributed by atoms with Crippen LogP contribution in [0, 0.1) is 6.92 Å². The van der Waals surface area contributed by atoms with Gasteiger partial charge in [0, 0.05) is 19.3 Å². The average Bonchev–Trinajstić information content (AvgIpc) is 3.28. The number of amides is 1. The second-order valence-corrected chi connectivity index (χ2v) is 12.6. The summed E-state index contributed by atoms with van der Waals surface area (Å²) in [6, 6.07) is 3.27. The zero-order chi connectivity index (χ0) is 23.3. The molecule has 0 bridgehead atoms. The number of carbonyl (C=O) groups is 1. The van der Waals surface area contributed by atoms with Gasteiger partial charge in [0.2, 0.25) is 0 Å². The van der Waals surface area contributed by atoms with Crippen LogP contribution in [0.4, 0.5) is 5.82 Å². The molecule has 0 radical (unpaired) electrons. The molecule has 1 atom stereocenters. The maximum absolute atomic E-state index is 13.5. The molecule has 8 nitrogen and oxygen atoms in total. The Morgan fingerprint density at radius 1 is 1.21 bits per heavy atom. The summed E-state index contributed by atoms with van der Waals surface area (Å²) < 4.78 is 25.7. The molecule has 0 aliphatic carbocycles. The third kappa shape index (κ3) is 4.10. The number of carbonyl (C=O) groups excluding carboxylic acids is 1. The van der Waals surface area contributed by atoms with Gasteiger partial charge in [-0.15, -0.1) is 0 Å². The quantitative estimate of drug-likeness (QED) is 0.465. The monoisotopic (exact) mass is 504 g/mol. The van der Waals surface area contributed by atoms with E-state index in [0.29, 0.717) is 32.7 Å². The summed E-state index contributed by atoms with van der Waals surface area (Å²) >= 11 is 6.55. The van der Waals surface area contributed by atoms with E-state index >= 15 is 0 Å². The summed E-state index contributed by atoms with van der Waals surface area (Å²) in [6.45, 7) is 3.52. The van der Waals surface area contributed by atoms with Gasteiger partial charge in [0.05, 0.1) is 28.0 Å². The highest BCUT2D eigenvalue weighted by Gasteiger charge is 2.42. The lowest BCUT2D eigenvalue weighted by Crippen LogP contribution is -2.39. The number of nitrogens with zero attached hydrogens (tertiary/aromatic N) is 4. The second kappa shape index (κ2) is 8.52. The van der Waals surface area contributed by atoms with Crippen LogP contribution in [-0.2, 0) is 14.6 Å². The van der Waals surface area contributed by atoms with Gasteiger partial charge in [-0.25, -0.2) is 13.4 Å². The molecule has 3 aliphatic rings. The first-order valence-electron chi connectivity index (χ1n) is 11.0. The van der Waals surface area contributed by atoms with Crippen molar-refractivity contribution >= 4 is 61.6 Å². The van der Waals surface area contributed by atoms with Crippen LogP contribution < -0.4 is 10.5 Å². The number of thioether (sulfide) groups is 1. The highest BCUT2D eigenvalue weighted by molar-refractivity contribution is 8.26. The molecular weight excluding hydrogens is 480 g/mol. The van der Waals surface area contributed by atoms with Gasteiger partial charge >= 0.3 is 0 Å². The Hall–Kier alpha value is -2.24. The Bertz CT molecular complexity index is 1360. The molecule has 2 aromatic heterocycles. The van der Waals surface area contributed by atoms with Crippen molar-refractivity contribution in [3.8, 4) is 0 Å². The number of anilines is 1. The maximum atomic E-state index is 13.5. The Morgan fingerprint density at radius 2 is 1.97 bits per heavy atom. The van der Waals surface area contributed by atoms with Gasteiger partial charge < -0.3 is 4.90 Å². The summed E-state index contributed by atoms with van der Waals surface area (Å²) in [5.41, 5.74) is 1.62. The van der Waals surface area contributed by atoms with E-state index in [-0.39, 0.29) is 23.0 Å². The van der Waals surface area contributed by atoms with Crippen molar-refractivity contribution in [2.75, 3.05) is 29.5 Å². The summed E-state index contributed by atoms with van der Waals surface area (Å²) in [6.07, 6.45) is 6.83. The molecule has 1 unspecified atom stereocenters. The molecule has 3 aliphatic heterocycles. The normalized spacial score (nSPS) is 24.4. The van der Waals surface area contributed by atoms with E-state index in [1.807, 2.05) is 13.0 Å². The third-order valence-corrected chi connectivity index (χ3v) is 9.47. The second-order valence-electron chi connectivity index (χ2n) is 8.70. The highest BCUT2D eigenvalue weighted by Crippen LogP contribution is 2.37. The van der Waals surface area contributed by atoms with Gasteiger partial charge in [-0.3, -0.25) is 18.9 Å². The largest absolute Gasteiger partial charge is 0.356 e. The van der Waals surface area contributed by atoms with E-state index in [2.05, 4.69) is 4.90 Å². The zero-order valence-electron chi connectivity index (χ0n) is 18.2. The molecule has 11 heteroatoms. The van der Waals surface area contributed by atoms with Crippen LogP contribution in [-0.4, -0.2) is 63.6 Å². The molecule has 3 fully saturated rings. The van der Waals surface area contributed by atoms with Crippen molar-refractivity contribution < 1.29 is 13.2 Å². The predicted octanol–water partition coefficient (Wildman–Crippen LogP) is 2.38. The zero-order valence-corrected chi connectivity index (χ0v) is 20.6. The number of sulfone groups is 1. The Morgan fingerprint density at radius 3 is 2.67 bits per heavy atom. The summed E-state index contributed by atoms with van der Waals surface area (Å²) in [7, 11) is -3.16. The Kier molecular flexibility index (Phi) is 5.82. The molecule has 0 saturated carbocycles. The first-order chi connectivity index (χ1) is 15.7. The third-order valence-electron chi connectivity index (χ3n) is 6.39. The molecule has 0 N–H and O–H groups in total. The smallest absolute Gasteiger partial charge is 0.267 e. The predicted molar refractivity (Wildman–Crippen MR) is 134 cm³/mol. The van der Waals surface area contributed by atoms with Crippen LogP contribution in [0.1, 0.15) is 36.8 Å². The average molecular weight is 505 g/mol. The van der Waals surface area contributed by atoms with Crippen molar-refractivity contribution in [2.45, 2.75) is 38.6 Å². The topological polar surface area (TPSA) is 92.1 Å². The van der Waals surface area contributed by atoms with E-state index in [4.69, 9.17) is 17.2 Å². The lowest BCUT2D eigenvalue weighted by atomic mass is 10.1. The summed E-state index contributed by atoms with van der Waals surface area (Å²) in [4.78, 5) is 35.5. The van der Waals surface area contributed by atoms with E-state index in [0.717, 1.165) is 49.7 Å². The molecule has 0 spiro atoms. The number of aryl methyl sites for hydroxylation is 1. The lowest BCUT2D eigenvalue weighted by Gasteiger charge is -2.29. The van der Waals surface area contributed by atoms with Gasteiger partial charge in [0.25, 0.3) is 11.5 Å². The van der Waals surface area contributed by atoms with Gasteiger partial charge in [0.1, 0.15) is 15.8 Å². The van der Waals surface area contributed by atoms with Crippen LogP contribution in [0.2, 0.25) is 0 Å². The molecule has 0 aromatic carbocycles. The molecule has 33 heavy (non-hydrogen) atoms. The number of pyridine rings is 1. The Labute approximate surface area is 201 Å². The fraction of sp³-hybridized carbons (Fsp3) is 0.455. The lowest BCUT2D eigenvalue weighted by molar-refractivity contribution is -0.123. The fourth-order valence-corrected chi connectivity index (χ4v) is 7.76. The number of hydrogen-bond acceptors (Lipinski definition) is 8. The Balaban J connectivity index is 1.60. The van der Waals surface area contributed by atoms with Crippen LogP contribution >= 0.6 is 24.0 Å². The van der Waals surface area contributed by atoms with Crippen molar-refractivity contribution in [2.24, 2.45) is 0 Å². The molecule has 174 valence electrons. The standard InChI is InChI=1S/C22H24N4O4S3/c1-14-6-5-10-25-18(14)23-19(24-8-3-2-4-9-24)16(20(25)27)12-17-21(28)26(22(31)32-17)15-7-11-33(29,30)13-15/h5-6,10,12,15H,2-4,7-9,11,13H2,1H3. The minimum atomic E-state index is -3.16. The number of hydrogen-bond donors (Lipinski definition) is 0. The summed E-state index contributed by atoms with van der Waals surface area (Å²) in [5, 5.41) is 0. The van der Waals surface area contributed by atoms with Crippen molar-refractivity contribution in [1.82, 2.24) is 14.3 Å². The molecule has 3 saturated heterocycles. The minimum Gasteiger partial charge on any atom is -0.356 e. The van der Waals surface area contributed by atoms with E-state index in [1.54, 1.807) is 18.3 Å². The van der Waals surface area contributed by atoms with Crippen LogP contribution in [0.5, 0.6) is 0 Å². The number of fused-ring (bicyclic) bond motifs is 1. The fourth-order valence-electron chi connectivity index (χ4n) is 4.68. The van der Waals surface area contributed by atoms with Gasteiger partial charge in [-0.1, -0.05) is 30.0 Å². The van der Waals surface area contributed by atoms with Gasteiger partial charge in [-0.05, 0) is 50.3 Å². The van der Waals surface area contributed by atoms with Crippen LogP contribution in [0.3, 0.4) is 0 Å². The van der Waals surface area contributed by atoms with Crippen LogP contribution in [0.25, 0.3) is 11.7 Å². The van der Waals surface area contributed by atoms with Crippen molar-refractivity contribution in [1.29, 1.82) is 0 Å². The summed E-state index contributed by atoms with van der Waals surface area (Å²) in [5.74, 6) is 0.223. The maximum Gasteiger partial charge on any atom is 0.267 e. The molecule has 5 heterocycles. The van der Waals surface area contributed by atoms with Gasteiger partial charge in [-0.2, -0.15) is 0 Å². The van der Waals surface area contributed by atoms with Crippen molar-refractivity contribution in [3.05, 3.63) is 44.7 Å². The minimum absolute atomic E-state index is 0.0577. The number of piperidine rings is 1. The number of rotatable bonds is 3. The van der Waals surface area contributed by atoms with E-state index < -0.39 is 15.9 Å². The van der Waals surface area contributed by atoms with Crippen LogP contribution in [0.15, 0.2) is 28.0 Å². The van der Waals surface area contributed by atoms with E-state index in [9.17, 15) is 18.0 Å². The molecule has 2 aromatic rings. The first kappa shape index (κ1) is 22.5. The van der Waals surface area contributed by atoms with E-state index in [1.165, 1.54) is 9.30 Å². The molecule has 1 amide bonds. The molecular formula is C22H24N4O4S3. The highest BCUT2D eigenvalue weighted by atomic mass is 32.2. The van der Waals surface area contributed by atoms with Crippen molar-refractivity contribution in [3.63, 3.8) is 0 Å². The number of thiocarbonyl (C=S) groups is 1. The number of aromatic nitrogens is 2. The first-order valence-corrected chi connectivity index (χ1v) is 14.0.